The SMILES string of the molecule is CCC(CC#N)NC(=O)c1cccc(Cl)n1. The van der Waals surface area contributed by atoms with Gasteiger partial charge in [0.1, 0.15) is 10.8 Å². The van der Waals surface area contributed by atoms with Crippen molar-refractivity contribution in [2.75, 3.05) is 0 Å². The van der Waals surface area contributed by atoms with Crippen LogP contribution in [0.5, 0.6) is 0 Å². The Labute approximate surface area is 99.2 Å². The van der Waals surface area contributed by atoms with Gasteiger partial charge in [0, 0.05) is 6.04 Å². The summed E-state index contributed by atoms with van der Waals surface area (Å²) >= 11 is 5.68. The Morgan fingerprint density at radius 1 is 1.69 bits per heavy atom. The molecule has 0 fully saturated rings. The van der Waals surface area contributed by atoms with Crippen LogP contribution in [0.4, 0.5) is 0 Å². The standard InChI is InChI=1S/C11H12ClN3O/c1-2-8(6-7-13)14-11(16)9-4-3-5-10(12)15-9/h3-5,8H,2,6H2,1H3,(H,14,16). The van der Waals surface area contributed by atoms with Crippen molar-refractivity contribution in [2.45, 2.75) is 25.8 Å². The molecule has 1 heterocycles. The van der Waals surface area contributed by atoms with Gasteiger partial charge >= 0.3 is 0 Å². The van der Waals surface area contributed by atoms with E-state index in [1.54, 1.807) is 18.2 Å². The number of aromatic nitrogens is 1. The summed E-state index contributed by atoms with van der Waals surface area (Å²) in [5, 5.41) is 11.6. The van der Waals surface area contributed by atoms with E-state index in [0.717, 1.165) is 0 Å². The molecule has 0 saturated heterocycles. The van der Waals surface area contributed by atoms with Crippen LogP contribution >= 0.6 is 11.6 Å². The number of nitrogens with one attached hydrogen (secondary N) is 1. The number of hydrogen-bond acceptors (Lipinski definition) is 3. The molecule has 5 heteroatoms. The van der Waals surface area contributed by atoms with E-state index in [2.05, 4.69) is 10.3 Å². The second-order valence-electron chi connectivity index (χ2n) is 3.29. The van der Waals surface area contributed by atoms with E-state index in [1.165, 1.54) is 0 Å². The molecule has 84 valence electrons. The van der Waals surface area contributed by atoms with E-state index in [4.69, 9.17) is 16.9 Å². The molecule has 1 rings (SSSR count). The molecule has 1 amide bonds. The van der Waals surface area contributed by atoms with Crippen molar-refractivity contribution in [1.82, 2.24) is 10.3 Å². The number of amides is 1. The van der Waals surface area contributed by atoms with Gasteiger partial charge in [-0.1, -0.05) is 24.6 Å². The lowest BCUT2D eigenvalue weighted by Crippen LogP contribution is -2.34. The number of carbonyl (C=O) groups is 1. The number of nitriles is 1. The largest absolute Gasteiger partial charge is 0.347 e. The van der Waals surface area contributed by atoms with E-state index in [9.17, 15) is 4.79 Å². The monoisotopic (exact) mass is 237 g/mol. The summed E-state index contributed by atoms with van der Waals surface area (Å²) in [6.45, 7) is 1.91. The van der Waals surface area contributed by atoms with Gasteiger partial charge in [-0.05, 0) is 18.6 Å². The molecule has 4 nitrogen and oxygen atoms in total. The van der Waals surface area contributed by atoms with Gasteiger partial charge in [0.15, 0.2) is 0 Å². The van der Waals surface area contributed by atoms with E-state index in [0.29, 0.717) is 12.8 Å². The van der Waals surface area contributed by atoms with E-state index < -0.39 is 0 Å². The maximum atomic E-state index is 11.7. The van der Waals surface area contributed by atoms with Crippen LogP contribution in [0.3, 0.4) is 0 Å². The Bertz CT molecular complexity index is 414. The first-order valence-electron chi connectivity index (χ1n) is 4.97. The lowest BCUT2D eigenvalue weighted by molar-refractivity contribution is 0.0931. The van der Waals surface area contributed by atoms with Crippen LogP contribution in [-0.2, 0) is 0 Å². The van der Waals surface area contributed by atoms with Crippen molar-refractivity contribution in [2.24, 2.45) is 0 Å². The maximum Gasteiger partial charge on any atom is 0.270 e. The van der Waals surface area contributed by atoms with Crippen LogP contribution < -0.4 is 5.32 Å². The first-order chi connectivity index (χ1) is 7.67. The molecule has 0 saturated carbocycles. The molecule has 1 aromatic rings. The van der Waals surface area contributed by atoms with Gasteiger partial charge in [0.2, 0.25) is 0 Å². The van der Waals surface area contributed by atoms with Gasteiger partial charge in [-0.25, -0.2) is 4.98 Å². The smallest absolute Gasteiger partial charge is 0.270 e. The number of nitrogens with zero attached hydrogens (tertiary/aromatic N) is 2. The van der Waals surface area contributed by atoms with Crippen molar-refractivity contribution in [3.05, 3.63) is 29.0 Å². The molecule has 0 bridgehead atoms. The highest BCUT2D eigenvalue weighted by molar-refractivity contribution is 6.29. The average Bonchev–Trinajstić information content (AvgIpc) is 2.28. The third-order valence-corrected chi connectivity index (χ3v) is 2.32. The molecule has 0 aliphatic heterocycles. The molecule has 1 atom stereocenters. The van der Waals surface area contributed by atoms with Crippen LogP contribution in [0, 0.1) is 11.3 Å². The van der Waals surface area contributed by atoms with Crippen LogP contribution in [0.1, 0.15) is 30.3 Å². The number of halogens is 1. The number of carbonyl (C=O) groups excluding carboxylic acids is 1. The third kappa shape index (κ3) is 3.52. The highest BCUT2D eigenvalue weighted by Crippen LogP contribution is 2.06. The quantitative estimate of drug-likeness (QED) is 0.816. The molecule has 1 unspecified atom stereocenters. The summed E-state index contributed by atoms with van der Waals surface area (Å²) in [4.78, 5) is 15.6. The molecule has 0 radical (unpaired) electrons. The zero-order valence-electron chi connectivity index (χ0n) is 8.90. The second kappa shape index (κ2) is 6.09. The van der Waals surface area contributed by atoms with Crippen LogP contribution in [-0.4, -0.2) is 16.9 Å². The summed E-state index contributed by atoms with van der Waals surface area (Å²) in [6.07, 6.45) is 1.00. The van der Waals surface area contributed by atoms with Crippen LogP contribution in [0.15, 0.2) is 18.2 Å². The number of rotatable bonds is 4. The van der Waals surface area contributed by atoms with Crippen LogP contribution in [0.25, 0.3) is 0 Å². The average molecular weight is 238 g/mol. The molecular weight excluding hydrogens is 226 g/mol. The number of hydrogen-bond donors (Lipinski definition) is 1. The van der Waals surface area contributed by atoms with Gasteiger partial charge in [-0.2, -0.15) is 5.26 Å². The van der Waals surface area contributed by atoms with E-state index in [-0.39, 0.29) is 22.8 Å². The molecule has 0 aliphatic rings. The zero-order valence-corrected chi connectivity index (χ0v) is 9.66. The van der Waals surface area contributed by atoms with E-state index >= 15 is 0 Å². The van der Waals surface area contributed by atoms with Crippen molar-refractivity contribution in [3.8, 4) is 6.07 Å². The Morgan fingerprint density at radius 3 is 3.00 bits per heavy atom. The Kier molecular flexibility index (Phi) is 4.74. The van der Waals surface area contributed by atoms with Crippen molar-refractivity contribution in [3.63, 3.8) is 0 Å². The Balaban J connectivity index is 2.68. The number of pyridine rings is 1. The van der Waals surface area contributed by atoms with Crippen molar-refractivity contribution in [1.29, 1.82) is 5.26 Å². The van der Waals surface area contributed by atoms with Crippen LogP contribution in [0.2, 0.25) is 5.15 Å². The first kappa shape index (κ1) is 12.5. The van der Waals surface area contributed by atoms with Gasteiger partial charge in [0.05, 0.1) is 12.5 Å². The minimum atomic E-state index is -0.301. The topological polar surface area (TPSA) is 65.8 Å². The zero-order chi connectivity index (χ0) is 12.0. The normalized spacial score (nSPS) is 11.6. The molecule has 1 aromatic heterocycles. The molecule has 0 aromatic carbocycles. The minimum Gasteiger partial charge on any atom is -0.347 e. The predicted octanol–water partition coefficient (Wildman–Crippen LogP) is 2.16. The van der Waals surface area contributed by atoms with Gasteiger partial charge in [-0.15, -0.1) is 0 Å². The summed E-state index contributed by atoms with van der Waals surface area (Å²) in [6, 6.07) is 6.73. The fraction of sp³-hybridized carbons (Fsp3) is 0.364. The molecule has 1 N–H and O–H groups in total. The minimum absolute atomic E-state index is 0.140. The van der Waals surface area contributed by atoms with Gasteiger partial charge in [0.25, 0.3) is 5.91 Å². The first-order valence-corrected chi connectivity index (χ1v) is 5.35. The van der Waals surface area contributed by atoms with Gasteiger partial charge in [-0.3, -0.25) is 4.79 Å². The van der Waals surface area contributed by atoms with E-state index in [1.807, 2.05) is 13.0 Å². The fourth-order valence-corrected chi connectivity index (χ4v) is 1.37. The highest BCUT2D eigenvalue weighted by atomic mass is 35.5. The lowest BCUT2D eigenvalue weighted by atomic mass is 10.1. The second-order valence-corrected chi connectivity index (χ2v) is 3.67. The lowest BCUT2D eigenvalue weighted by Gasteiger charge is -2.12. The van der Waals surface area contributed by atoms with Crippen molar-refractivity contribution >= 4 is 17.5 Å². The van der Waals surface area contributed by atoms with Gasteiger partial charge < -0.3 is 5.32 Å². The Hall–Kier alpha value is -1.60. The third-order valence-electron chi connectivity index (χ3n) is 2.11. The Morgan fingerprint density at radius 2 is 2.44 bits per heavy atom. The summed E-state index contributed by atoms with van der Waals surface area (Å²) in [5.74, 6) is -0.301. The predicted molar refractivity (Wildman–Crippen MR) is 61.0 cm³/mol. The summed E-state index contributed by atoms with van der Waals surface area (Å²) < 4.78 is 0. The summed E-state index contributed by atoms with van der Waals surface area (Å²) in [7, 11) is 0. The molecule has 16 heavy (non-hydrogen) atoms. The van der Waals surface area contributed by atoms with Crippen molar-refractivity contribution < 1.29 is 4.79 Å². The maximum absolute atomic E-state index is 11.7. The summed E-state index contributed by atoms with van der Waals surface area (Å²) in [5.41, 5.74) is 0.267. The fourth-order valence-electron chi connectivity index (χ4n) is 1.20. The molecular formula is C11H12ClN3O. The molecule has 0 aliphatic carbocycles. The molecule has 0 spiro atoms. The highest BCUT2D eigenvalue weighted by Gasteiger charge is 2.12.